The minimum atomic E-state index is -0.723. The fourth-order valence-corrected chi connectivity index (χ4v) is 5.82. The lowest BCUT2D eigenvalue weighted by atomic mass is 9.79. The Kier molecular flexibility index (Phi) is 11.9. The zero-order valence-electron chi connectivity index (χ0n) is 27.2. The van der Waals surface area contributed by atoms with Crippen LogP contribution < -0.4 is 21.3 Å². The number of piperidine rings is 1. The number of hydrogen-bond donors (Lipinski definition) is 4. The minimum Gasteiger partial charge on any atom is -0.341 e. The number of anilines is 2. The van der Waals surface area contributed by atoms with Crippen molar-refractivity contribution in [2.24, 2.45) is 5.41 Å². The van der Waals surface area contributed by atoms with Crippen molar-refractivity contribution < 1.29 is 19.2 Å². The summed E-state index contributed by atoms with van der Waals surface area (Å²) in [5.41, 5.74) is 3.64. The number of aromatic nitrogens is 1. The van der Waals surface area contributed by atoms with E-state index in [1.807, 2.05) is 63.4 Å². The summed E-state index contributed by atoms with van der Waals surface area (Å²) in [6, 6.07) is 18.6. The van der Waals surface area contributed by atoms with Gasteiger partial charge in [-0.2, -0.15) is 0 Å². The molecule has 1 aliphatic heterocycles. The number of likely N-dealkylation sites (tertiary alicyclic amines) is 1. The number of hydrogen-bond acceptors (Lipinski definition) is 6. The zero-order chi connectivity index (χ0) is 33.1. The van der Waals surface area contributed by atoms with E-state index < -0.39 is 5.41 Å². The van der Waals surface area contributed by atoms with Gasteiger partial charge in [0.05, 0.1) is 6.42 Å². The molecule has 4 rings (SSSR count). The molecule has 2 aromatic carbocycles. The molecule has 244 valence electrons. The molecule has 4 N–H and O–H groups in total. The lowest BCUT2D eigenvalue weighted by Gasteiger charge is -2.41. The molecular formula is C35H45N7O4. The lowest BCUT2D eigenvalue weighted by Crippen LogP contribution is -2.52. The molecule has 11 heteroatoms. The van der Waals surface area contributed by atoms with Crippen LogP contribution >= 0.6 is 0 Å². The first kappa shape index (κ1) is 34.1. The Bertz CT molecular complexity index is 1520. The van der Waals surface area contributed by atoms with Crippen LogP contribution in [0.3, 0.4) is 0 Å². The van der Waals surface area contributed by atoms with E-state index in [2.05, 4.69) is 26.3 Å². The number of nitrogens with one attached hydrogen (secondary N) is 4. The number of carbonyl (C=O) groups is 4. The summed E-state index contributed by atoms with van der Waals surface area (Å²) in [5.74, 6) is -0.181. The molecule has 1 fully saturated rings. The third-order valence-electron chi connectivity index (χ3n) is 8.51. The molecule has 5 amide bonds. The zero-order valence-corrected chi connectivity index (χ0v) is 27.2. The number of nitrogens with zero attached hydrogens (tertiary/aromatic N) is 3. The third kappa shape index (κ3) is 8.91. The van der Waals surface area contributed by atoms with Gasteiger partial charge in [-0.1, -0.05) is 50.2 Å². The first-order valence-corrected chi connectivity index (χ1v) is 15.8. The second-order valence-electron chi connectivity index (χ2n) is 11.9. The monoisotopic (exact) mass is 627 g/mol. The molecule has 3 aromatic rings. The Morgan fingerprint density at radius 2 is 1.59 bits per heavy atom. The Morgan fingerprint density at radius 3 is 2.24 bits per heavy atom. The van der Waals surface area contributed by atoms with Crippen LogP contribution in [0.5, 0.6) is 0 Å². The van der Waals surface area contributed by atoms with Crippen molar-refractivity contribution in [3.05, 3.63) is 89.1 Å². The molecule has 1 saturated heterocycles. The number of aryl methyl sites for hydroxylation is 1. The third-order valence-corrected chi connectivity index (χ3v) is 8.51. The molecule has 46 heavy (non-hydrogen) atoms. The maximum absolute atomic E-state index is 14.2. The molecule has 1 aliphatic rings. The Hall–Kier alpha value is -4.77. The van der Waals surface area contributed by atoms with Gasteiger partial charge >= 0.3 is 6.03 Å². The summed E-state index contributed by atoms with van der Waals surface area (Å²) in [6.45, 7) is 5.61. The SMILES string of the molecule is CCc1ccc(NC(=O)CN(Cc2ccccc2CNC)C(=O)C2(C)CCN(C(=O)NC)CC2)cc1CC(=O)Nc1ccccn1. The van der Waals surface area contributed by atoms with Gasteiger partial charge < -0.3 is 31.1 Å². The van der Waals surface area contributed by atoms with Crippen LogP contribution in [0.4, 0.5) is 16.3 Å². The van der Waals surface area contributed by atoms with Gasteiger partial charge in [0.15, 0.2) is 0 Å². The fraction of sp³-hybridized carbons (Fsp3) is 0.400. The van der Waals surface area contributed by atoms with Crippen LogP contribution in [0.1, 0.15) is 48.9 Å². The number of benzene rings is 2. The second-order valence-corrected chi connectivity index (χ2v) is 11.9. The maximum Gasteiger partial charge on any atom is 0.317 e. The van der Waals surface area contributed by atoms with Crippen LogP contribution in [-0.2, 0) is 40.3 Å². The van der Waals surface area contributed by atoms with Crippen LogP contribution in [0.15, 0.2) is 66.9 Å². The largest absolute Gasteiger partial charge is 0.341 e. The molecule has 0 bridgehead atoms. The molecule has 0 spiro atoms. The Labute approximate surface area is 271 Å². The van der Waals surface area contributed by atoms with Gasteiger partial charge in [0.1, 0.15) is 12.4 Å². The fourth-order valence-electron chi connectivity index (χ4n) is 5.82. The second kappa shape index (κ2) is 16.0. The Morgan fingerprint density at radius 1 is 0.870 bits per heavy atom. The average molecular weight is 628 g/mol. The van der Waals surface area contributed by atoms with Gasteiger partial charge in [0.2, 0.25) is 17.7 Å². The topological polar surface area (TPSA) is 136 Å². The van der Waals surface area contributed by atoms with Gasteiger partial charge in [-0.3, -0.25) is 14.4 Å². The van der Waals surface area contributed by atoms with Gasteiger partial charge in [-0.15, -0.1) is 0 Å². The summed E-state index contributed by atoms with van der Waals surface area (Å²) in [5, 5.41) is 11.6. The van der Waals surface area contributed by atoms with Crippen LogP contribution in [0, 0.1) is 5.41 Å². The number of pyridine rings is 1. The first-order chi connectivity index (χ1) is 22.1. The van der Waals surface area contributed by atoms with E-state index in [1.54, 1.807) is 41.2 Å². The predicted octanol–water partition coefficient (Wildman–Crippen LogP) is 3.95. The van der Waals surface area contributed by atoms with Crippen LogP contribution in [-0.4, -0.2) is 72.3 Å². The van der Waals surface area contributed by atoms with E-state index in [1.165, 1.54) is 0 Å². The summed E-state index contributed by atoms with van der Waals surface area (Å²) < 4.78 is 0. The van der Waals surface area contributed by atoms with Crippen LogP contribution in [0.25, 0.3) is 0 Å². The van der Waals surface area contributed by atoms with Crippen LogP contribution in [0.2, 0.25) is 0 Å². The minimum absolute atomic E-state index is 0.119. The summed E-state index contributed by atoms with van der Waals surface area (Å²) in [6.07, 6.45) is 3.47. The van der Waals surface area contributed by atoms with E-state index in [9.17, 15) is 19.2 Å². The highest BCUT2D eigenvalue weighted by Crippen LogP contribution is 2.34. The normalized spacial score (nSPS) is 13.9. The first-order valence-electron chi connectivity index (χ1n) is 15.8. The molecule has 0 saturated carbocycles. The van der Waals surface area contributed by atoms with Gasteiger partial charge in [-0.25, -0.2) is 9.78 Å². The lowest BCUT2D eigenvalue weighted by molar-refractivity contribution is -0.146. The number of carbonyl (C=O) groups excluding carboxylic acids is 4. The molecule has 0 radical (unpaired) electrons. The van der Waals surface area contributed by atoms with E-state index in [0.717, 1.165) is 28.7 Å². The van der Waals surface area contributed by atoms with Crippen molar-refractivity contribution in [1.29, 1.82) is 0 Å². The summed E-state index contributed by atoms with van der Waals surface area (Å²) in [7, 11) is 3.47. The molecule has 1 aromatic heterocycles. The number of urea groups is 1. The van der Waals surface area contributed by atoms with E-state index >= 15 is 0 Å². The average Bonchev–Trinajstić information content (AvgIpc) is 3.05. The van der Waals surface area contributed by atoms with E-state index in [4.69, 9.17) is 0 Å². The molecule has 11 nitrogen and oxygen atoms in total. The van der Waals surface area contributed by atoms with Crippen molar-refractivity contribution in [3.8, 4) is 0 Å². The van der Waals surface area contributed by atoms with Gasteiger partial charge in [0.25, 0.3) is 0 Å². The van der Waals surface area contributed by atoms with Crippen molar-refractivity contribution in [2.45, 2.75) is 52.6 Å². The highest BCUT2D eigenvalue weighted by atomic mass is 16.2. The number of amides is 5. The quantitative estimate of drug-likeness (QED) is 0.240. The molecule has 0 atom stereocenters. The van der Waals surface area contributed by atoms with Crippen molar-refractivity contribution in [1.82, 2.24) is 25.4 Å². The van der Waals surface area contributed by atoms with Gasteiger partial charge in [0, 0.05) is 50.5 Å². The molecular weight excluding hydrogens is 582 g/mol. The summed E-state index contributed by atoms with van der Waals surface area (Å²) >= 11 is 0. The van der Waals surface area contributed by atoms with Crippen molar-refractivity contribution in [2.75, 3.05) is 44.4 Å². The van der Waals surface area contributed by atoms with E-state index in [0.29, 0.717) is 44.0 Å². The molecule has 2 heterocycles. The maximum atomic E-state index is 14.2. The smallest absolute Gasteiger partial charge is 0.317 e. The molecule has 0 unspecified atom stereocenters. The Balaban J connectivity index is 1.51. The summed E-state index contributed by atoms with van der Waals surface area (Å²) in [4.78, 5) is 60.2. The number of rotatable bonds is 12. The van der Waals surface area contributed by atoms with Crippen molar-refractivity contribution in [3.63, 3.8) is 0 Å². The van der Waals surface area contributed by atoms with Gasteiger partial charge in [-0.05, 0) is 72.8 Å². The standard InChI is InChI=1S/C35H45N7O4/c1-5-25-13-14-29(20-28(25)21-31(43)40-30-12-8-9-17-38-30)39-32(44)24-42(23-27-11-7-6-10-26(27)22-36-3)33(45)35(2)15-18-41(19-16-35)34(46)37-4/h6-14,17,20,36H,5,15-16,18-19,21-24H2,1-4H3,(H,37,46)(H,39,44)(H,38,40,43). The highest BCUT2D eigenvalue weighted by molar-refractivity contribution is 5.96. The van der Waals surface area contributed by atoms with E-state index in [-0.39, 0.29) is 43.3 Å². The highest BCUT2D eigenvalue weighted by Gasteiger charge is 2.41. The predicted molar refractivity (Wildman–Crippen MR) is 179 cm³/mol. The molecule has 0 aliphatic carbocycles. The van der Waals surface area contributed by atoms with Crippen molar-refractivity contribution >= 4 is 35.3 Å².